The first-order chi connectivity index (χ1) is 16.4. The first kappa shape index (κ1) is 23.0. The Bertz CT molecular complexity index is 1070. The molecule has 0 aliphatic carbocycles. The van der Waals surface area contributed by atoms with Crippen LogP contribution >= 0.6 is 0 Å². The average molecular weight is 472 g/mol. The van der Waals surface area contributed by atoms with Gasteiger partial charge in [0.05, 0.1) is 12.6 Å². The van der Waals surface area contributed by atoms with Crippen molar-refractivity contribution >= 4 is 24.6 Å². The topological polar surface area (TPSA) is 38.8 Å². The molecule has 3 atom stereocenters. The molecule has 0 N–H and O–H groups in total. The molecular formula is C29H33NO3Si. The molecule has 5 heteroatoms. The van der Waals surface area contributed by atoms with E-state index in [0.29, 0.717) is 13.0 Å². The van der Waals surface area contributed by atoms with Crippen molar-refractivity contribution in [1.82, 2.24) is 4.90 Å². The van der Waals surface area contributed by atoms with Crippen molar-refractivity contribution in [2.45, 2.75) is 57.0 Å². The minimum atomic E-state index is -2.71. The average Bonchev–Trinajstić information content (AvgIpc) is 3.40. The quantitative estimate of drug-likeness (QED) is 0.491. The Morgan fingerprint density at radius 1 is 0.882 bits per heavy atom. The molecule has 1 amide bonds. The van der Waals surface area contributed by atoms with E-state index in [1.54, 1.807) is 0 Å². The summed E-state index contributed by atoms with van der Waals surface area (Å²) >= 11 is 0. The molecule has 3 aromatic carbocycles. The molecule has 0 aromatic heterocycles. The highest BCUT2D eigenvalue weighted by atomic mass is 28.4. The number of benzene rings is 3. The van der Waals surface area contributed by atoms with Crippen molar-refractivity contribution in [2.75, 3.05) is 6.61 Å². The zero-order valence-electron chi connectivity index (χ0n) is 20.2. The van der Waals surface area contributed by atoms with Crippen LogP contribution in [0.5, 0.6) is 0 Å². The number of rotatable bonds is 6. The summed E-state index contributed by atoms with van der Waals surface area (Å²) < 4.78 is 13.7. The maximum Gasteiger partial charge on any atom is 0.261 e. The van der Waals surface area contributed by atoms with Crippen molar-refractivity contribution in [3.8, 4) is 0 Å². The van der Waals surface area contributed by atoms with Gasteiger partial charge in [0, 0.05) is 12.8 Å². The van der Waals surface area contributed by atoms with Gasteiger partial charge in [-0.25, -0.2) is 0 Å². The Morgan fingerprint density at radius 3 is 1.94 bits per heavy atom. The monoisotopic (exact) mass is 471 g/mol. The molecule has 0 spiro atoms. The van der Waals surface area contributed by atoms with Gasteiger partial charge in [-0.05, 0) is 21.0 Å². The largest absolute Gasteiger partial charge is 0.405 e. The summed E-state index contributed by atoms with van der Waals surface area (Å²) in [5, 5.41) is 2.37. The van der Waals surface area contributed by atoms with Gasteiger partial charge >= 0.3 is 0 Å². The van der Waals surface area contributed by atoms with Crippen molar-refractivity contribution in [1.29, 1.82) is 0 Å². The number of ether oxygens (including phenoxy) is 1. The second-order valence-corrected chi connectivity index (χ2v) is 14.6. The van der Waals surface area contributed by atoms with Crippen molar-refractivity contribution in [3.05, 3.63) is 96.6 Å². The Hall–Kier alpha value is -2.73. The minimum absolute atomic E-state index is 0.119. The summed E-state index contributed by atoms with van der Waals surface area (Å²) in [4.78, 5) is 14.9. The number of hydrogen-bond acceptors (Lipinski definition) is 3. The normalized spacial score (nSPS) is 22.7. The highest BCUT2D eigenvalue weighted by molar-refractivity contribution is 6.99. The molecular weight excluding hydrogens is 438 g/mol. The van der Waals surface area contributed by atoms with Crippen molar-refractivity contribution in [2.24, 2.45) is 0 Å². The zero-order chi connectivity index (χ0) is 23.8. The van der Waals surface area contributed by atoms with E-state index in [4.69, 9.17) is 9.16 Å². The Kier molecular flexibility index (Phi) is 6.19. The van der Waals surface area contributed by atoms with Crippen LogP contribution in [0.3, 0.4) is 0 Å². The third-order valence-corrected chi connectivity index (χ3v) is 12.2. The van der Waals surface area contributed by atoms with Crippen LogP contribution in [0, 0.1) is 0 Å². The van der Waals surface area contributed by atoms with Gasteiger partial charge < -0.3 is 14.1 Å². The van der Waals surface area contributed by atoms with E-state index in [2.05, 4.69) is 93.6 Å². The van der Waals surface area contributed by atoms with Gasteiger partial charge in [0.2, 0.25) is 5.91 Å². The standard InChI is InChI=1S/C29H33NO3Si/c1-29(2,3)34(23-15-9-5-10-16-23,24-17-11-6-12-18-24)32-21-25-28(22-13-7-4-8-14-22)33-27-20-19-26(31)30(25)27/h4-18,25,27-28H,19-21H2,1-3H3/t25-,27?,28-/m0/s1. The van der Waals surface area contributed by atoms with E-state index < -0.39 is 8.32 Å². The lowest BCUT2D eigenvalue weighted by Crippen LogP contribution is -2.67. The highest BCUT2D eigenvalue weighted by Gasteiger charge is 2.53. The molecule has 5 rings (SSSR count). The fraction of sp³-hybridized carbons (Fsp3) is 0.345. The van der Waals surface area contributed by atoms with Crippen molar-refractivity contribution in [3.63, 3.8) is 0 Å². The molecule has 2 aliphatic rings. The number of fused-ring (bicyclic) bond motifs is 1. The first-order valence-corrected chi connectivity index (χ1v) is 14.1. The molecule has 2 saturated heterocycles. The highest BCUT2D eigenvalue weighted by Crippen LogP contribution is 2.42. The molecule has 2 fully saturated rings. The van der Waals surface area contributed by atoms with Crippen LogP contribution in [0.25, 0.3) is 0 Å². The molecule has 2 heterocycles. The molecule has 2 aliphatic heterocycles. The van der Waals surface area contributed by atoms with Crippen LogP contribution in [-0.4, -0.2) is 38.0 Å². The second-order valence-electron chi connectivity index (χ2n) is 10.3. The van der Waals surface area contributed by atoms with Gasteiger partial charge in [0.25, 0.3) is 8.32 Å². The van der Waals surface area contributed by atoms with Crippen molar-refractivity contribution < 1.29 is 14.0 Å². The summed E-state index contributed by atoms with van der Waals surface area (Å²) in [7, 11) is -2.71. The van der Waals surface area contributed by atoms with Crippen LogP contribution in [0.15, 0.2) is 91.0 Å². The molecule has 3 aromatic rings. The van der Waals surface area contributed by atoms with E-state index in [1.807, 2.05) is 23.1 Å². The third-order valence-electron chi connectivity index (χ3n) is 7.23. The molecule has 0 bridgehead atoms. The summed E-state index contributed by atoms with van der Waals surface area (Å²) in [5.41, 5.74) is 1.10. The van der Waals surface area contributed by atoms with Gasteiger partial charge in [0.15, 0.2) is 0 Å². The molecule has 0 radical (unpaired) electrons. The zero-order valence-corrected chi connectivity index (χ0v) is 21.2. The number of amides is 1. The third kappa shape index (κ3) is 3.92. The lowest BCUT2D eigenvalue weighted by molar-refractivity contribution is -0.131. The van der Waals surface area contributed by atoms with Crippen LogP contribution in [0.4, 0.5) is 0 Å². The smallest absolute Gasteiger partial charge is 0.261 e. The number of hydrogen-bond donors (Lipinski definition) is 0. The van der Waals surface area contributed by atoms with Gasteiger partial charge in [-0.1, -0.05) is 112 Å². The second kappa shape index (κ2) is 9.14. The van der Waals surface area contributed by atoms with Crippen LogP contribution < -0.4 is 10.4 Å². The maximum absolute atomic E-state index is 12.9. The molecule has 4 nitrogen and oxygen atoms in total. The van der Waals surface area contributed by atoms with Gasteiger partial charge in [-0.3, -0.25) is 4.79 Å². The molecule has 34 heavy (non-hydrogen) atoms. The number of nitrogens with zero attached hydrogens (tertiary/aromatic N) is 1. The van der Waals surface area contributed by atoms with Gasteiger partial charge in [-0.2, -0.15) is 0 Å². The Balaban J connectivity index is 1.57. The SMILES string of the molecule is CC(C)(C)[Si](OC[C@H]1[C@H](c2ccccc2)OC2CCC(=O)N21)(c1ccccc1)c1ccccc1. The van der Waals surface area contributed by atoms with Crippen LogP contribution in [0.1, 0.15) is 45.3 Å². The van der Waals surface area contributed by atoms with E-state index in [-0.39, 0.29) is 29.3 Å². The summed E-state index contributed by atoms with van der Waals surface area (Å²) in [6, 6.07) is 31.4. The summed E-state index contributed by atoms with van der Waals surface area (Å²) in [5.74, 6) is 0.166. The summed E-state index contributed by atoms with van der Waals surface area (Å²) in [6.07, 6.45) is 0.943. The molecule has 0 saturated carbocycles. The fourth-order valence-corrected chi connectivity index (χ4v) is 10.3. The van der Waals surface area contributed by atoms with Crippen LogP contribution in [0.2, 0.25) is 5.04 Å². The van der Waals surface area contributed by atoms with Gasteiger partial charge in [0.1, 0.15) is 12.3 Å². The Labute approximate surface area is 203 Å². The Morgan fingerprint density at radius 2 is 1.41 bits per heavy atom. The lowest BCUT2D eigenvalue weighted by atomic mass is 10.0. The van der Waals surface area contributed by atoms with Crippen LogP contribution in [-0.2, 0) is 14.0 Å². The predicted octanol–water partition coefficient (Wildman–Crippen LogP) is 4.65. The summed E-state index contributed by atoms with van der Waals surface area (Å²) in [6.45, 7) is 7.28. The first-order valence-electron chi connectivity index (χ1n) is 12.2. The molecule has 1 unspecified atom stereocenters. The lowest BCUT2D eigenvalue weighted by Gasteiger charge is -2.44. The predicted molar refractivity (Wildman–Crippen MR) is 137 cm³/mol. The maximum atomic E-state index is 12.9. The van der Waals surface area contributed by atoms with E-state index in [0.717, 1.165) is 12.0 Å². The fourth-order valence-electron chi connectivity index (χ4n) is 5.70. The van der Waals surface area contributed by atoms with E-state index in [9.17, 15) is 4.79 Å². The van der Waals surface area contributed by atoms with Gasteiger partial charge in [-0.15, -0.1) is 0 Å². The van der Waals surface area contributed by atoms with E-state index in [1.165, 1.54) is 10.4 Å². The number of carbonyl (C=O) groups is 1. The number of carbonyl (C=O) groups excluding carboxylic acids is 1. The minimum Gasteiger partial charge on any atom is -0.405 e. The molecule has 176 valence electrons. The van der Waals surface area contributed by atoms with E-state index >= 15 is 0 Å².